The van der Waals surface area contributed by atoms with Gasteiger partial charge in [-0.15, -0.1) is 22.7 Å². The van der Waals surface area contributed by atoms with Crippen LogP contribution in [0.15, 0.2) is 47.2 Å². The van der Waals surface area contributed by atoms with Gasteiger partial charge in [0.25, 0.3) is 0 Å². The molecule has 1 aliphatic carbocycles. The van der Waals surface area contributed by atoms with Crippen LogP contribution in [0.25, 0.3) is 0 Å². The number of halogens is 1. The van der Waals surface area contributed by atoms with Crippen LogP contribution in [0.3, 0.4) is 0 Å². The van der Waals surface area contributed by atoms with Crippen molar-refractivity contribution in [1.82, 2.24) is 4.90 Å². The third-order valence-electron chi connectivity index (χ3n) is 9.89. The third-order valence-corrected chi connectivity index (χ3v) is 16.7. The molecule has 3 aromatic rings. The molecule has 8 nitrogen and oxygen atoms in total. The van der Waals surface area contributed by atoms with Gasteiger partial charge in [-0.05, 0) is 85.7 Å². The second-order valence-corrected chi connectivity index (χ2v) is 20.7. The molecule has 252 valence electrons. The van der Waals surface area contributed by atoms with E-state index in [1.807, 2.05) is 48.1 Å². The molecule has 46 heavy (non-hydrogen) atoms. The third kappa shape index (κ3) is 7.89. The van der Waals surface area contributed by atoms with Crippen LogP contribution in [0.2, 0.25) is 23.2 Å². The maximum absolute atomic E-state index is 13.3. The molecule has 0 unspecified atom stereocenters. The molecule has 1 fully saturated rings. The van der Waals surface area contributed by atoms with Crippen molar-refractivity contribution in [1.29, 1.82) is 0 Å². The van der Waals surface area contributed by atoms with E-state index in [1.54, 1.807) is 13.2 Å². The predicted molar refractivity (Wildman–Crippen MR) is 190 cm³/mol. The zero-order valence-corrected chi connectivity index (χ0v) is 31.2. The van der Waals surface area contributed by atoms with E-state index in [0.717, 1.165) is 41.0 Å². The molecule has 1 aromatic carbocycles. The molecular weight excluding hydrogens is 660 g/mol. The lowest BCUT2D eigenvalue weighted by Crippen LogP contribution is -2.47. The lowest BCUT2D eigenvalue weighted by atomic mass is 9.66. The Kier molecular flexibility index (Phi) is 12.2. The molecule has 0 atom stereocenters. The highest BCUT2D eigenvalue weighted by molar-refractivity contribution is 7.12. The molecule has 0 bridgehead atoms. The number of carbonyl (C=O) groups is 2. The van der Waals surface area contributed by atoms with Gasteiger partial charge in [0.05, 0.1) is 24.4 Å². The van der Waals surface area contributed by atoms with Crippen LogP contribution in [0, 0.1) is 5.92 Å². The highest BCUT2D eigenvalue weighted by atomic mass is 35.5. The number of hydrogen-bond acceptors (Lipinski definition) is 9. The summed E-state index contributed by atoms with van der Waals surface area (Å²) in [6.45, 7) is 12.0. The Morgan fingerprint density at radius 2 is 1.67 bits per heavy atom. The monoisotopic (exact) mass is 706 g/mol. The molecule has 1 saturated carbocycles. The largest absolute Gasteiger partial charge is 0.496 e. The van der Waals surface area contributed by atoms with Crippen LogP contribution in [-0.4, -0.2) is 57.1 Å². The van der Waals surface area contributed by atoms with Gasteiger partial charge in [0.2, 0.25) is 5.91 Å². The first-order valence-electron chi connectivity index (χ1n) is 15.7. The minimum atomic E-state index is -1.97. The van der Waals surface area contributed by atoms with Gasteiger partial charge in [0.1, 0.15) is 11.2 Å². The second-order valence-electron chi connectivity index (χ2n) is 13.6. The minimum Gasteiger partial charge on any atom is -0.496 e. The number of thiophene rings is 2. The fourth-order valence-corrected chi connectivity index (χ4v) is 9.32. The first-order chi connectivity index (χ1) is 21.7. The number of benzene rings is 1. The van der Waals surface area contributed by atoms with Crippen LogP contribution in [0.4, 0.5) is 5.69 Å². The summed E-state index contributed by atoms with van der Waals surface area (Å²) < 4.78 is 12.0. The first kappa shape index (κ1) is 36.6. The summed E-state index contributed by atoms with van der Waals surface area (Å²) >= 11 is 9.63. The Morgan fingerprint density at radius 3 is 2.17 bits per heavy atom. The Bertz CT molecular complexity index is 1420. The highest BCUT2D eigenvalue weighted by Gasteiger charge is 2.53. The number of amides is 1. The molecule has 12 heteroatoms. The summed E-state index contributed by atoms with van der Waals surface area (Å²) in [5.74, 6) is -0.157. The van der Waals surface area contributed by atoms with Crippen LogP contribution in [0.1, 0.15) is 68.2 Å². The number of rotatable bonds is 13. The van der Waals surface area contributed by atoms with E-state index >= 15 is 0 Å². The normalized spacial score (nSPS) is 17.6. The standard InChI is InChI=1S/C34H47ClN2O6S2Si/c1-33(2,3)46(6,7)42-22-23-20-26(35)27(21-28(23)41-5)36-31(38)16-17-37(4)25-14-12-24(13-15-25)34(32(39)43-40,29-10-8-18-44-29)30-11-9-19-45-30/h8-11,18-21,24-25,40H,12-17,22H2,1-7H3,(H,36,38). The topological polar surface area (TPSA) is 97.3 Å². The summed E-state index contributed by atoms with van der Waals surface area (Å²) in [6.07, 6.45) is 3.60. The summed E-state index contributed by atoms with van der Waals surface area (Å²) in [7, 11) is 1.68. The minimum absolute atomic E-state index is 0.0234. The summed E-state index contributed by atoms with van der Waals surface area (Å²) in [5.41, 5.74) is 0.324. The van der Waals surface area contributed by atoms with Gasteiger partial charge in [0, 0.05) is 40.4 Å². The average molecular weight is 707 g/mol. The number of hydrogen-bond donors (Lipinski definition) is 2. The molecule has 4 rings (SSSR count). The van der Waals surface area contributed by atoms with E-state index in [0.29, 0.717) is 36.0 Å². The molecule has 0 radical (unpaired) electrons. The lowest BCUT2D eigenvalue weighted by molar-refractivity contribution is -0.241. The average Bonchev–Trinajstić information content (AvgIpc) is 3.76. The second kappa shape index (κ2) is 15.3. The van der Waals surface area contributed by atoms with Gasteiger partial charge in [-0.2, -0.15) is 5.26 Å². The molecule has 2 heterocycles. The zero-order valence-electron chi connectivity index (χ0n) is 27.9. The summed E-state index contributed by atoms with van der Waals surface area (Å²) in [6, 6.07) is 11.6. The van der Waals surface area contributed by atoms with Gasteiger partial charge in [-0.1, -0.05) is 44.5 Å². The van der Waals surface area contributed by atoms with E-state index in [2.05, 4.69) is 49.0 Å². The van der Waals surface area contributed by atoms with E-state index in [-0.39, 0.29) is 22.9 Å². The zero-order chi connectivity index (χ0) is 33.7. The lowest BCUT2D eigenvalue weighted by Gasteiger charge is -2.42. The Hall–Kier alpha value is -2.25. The summed E-state index contributed by atoms with van der Waals surface area (Å²) in [5, 5.41) is 17.0. The van der Waals surface area contributed by atoms with Crippen molar-refractivity contribution < 1.29 is 28.9 Å². The van der Waals surface area contributed by atoms with Crippen LogP contribution in [-0.2, 0) is 30.9 Å². The van der Waals surface area contributed by atoms with Gasteiger partial charge >= 0.3 is 5.97 Å². The van der Waals surface area contributed by atoms with Crippen molar-refractivity contribution in [2.45, 2.75) is 89.1 Å². The van der Waals surface area contributed by atoms with Gasteiger partial charge in [-0.25, -0.2) is 4.79 Å². The number of anilines is 1. The SMILES string of the molecule is COc1cc(NC(=O)CCN(C)C2CCC(C(C(=O)OO)(c3cccs3)c3cccs3)CC2)c(Cl)cc1CO[Si](C)(C)C(C)(C)C. The quantitative estimate of drug-likeness (QED) is 0.104. The molecule has 1 amide bonds. The number of nitrogens with zero attached hydrogens (tertiary/aromatic N) is 1. The maximum Gasteiger partial charge on any atom is 0.358 e. The van der Waals surface area contributed by atoms with E-state index in [1.165, 1.54) is 22.7 Å². The van der Waals surface area contributed by atoms with Gasteiger partial charge < -0.3 is 19.4 Å². The van der Waals surface area contributed by atoms with E-state index in [9.17, 15) is 14.8 Å². The van der Waals surface area contributed by atoms with E-state index in [4.69, 9.17) is 20.8 Å². The van der Waals surface area contributed by atoms with Crippen molar-refractivity contribution in [3.05, 3.63) is 67.5 Å². The number of nitrogens with one attached hydrogen (secondary N) is 1. The first-order valence-corrected chi connectivity index (χ1v) is 20.7. The molecule has 0 saturated heterocycles. The molecule has 0 aliphatic heterocycles. The maximum atomic E-state index is 13.3. The van der Waals surface area contributed by atoms with Crippen LogP contribution in [0.5, 0.6) is 5.75 Å². The Labute approximate surface area is 287 Å². The van der Waals surface area contributed by atoms with E-state index < -0.39 is 19.7 Å². The Morgan fingerprint density at radius 1 is 1.07 bits per heavy atom. The van der Waals surface area contributed by atoms with Crippen molar-refractivity contribution in [2.24, 2.45) is 5.92 Å². The molecular formula is C34H47ClN2O6S2Si. The predicted octanol–water partition coefficient (Wildman–Crippen LogP) is 8.82. The van der Waals surface area contributed by atoms with Crippen molar-refractivity contribution in [2.75, 3.05) is 26.0 Å². The molecule has 0 spiro atoms. The fourth-order valence-electron chi connectivity index (χ4n) is 6.06. The van der Waals surface area contributed by atoms with Crippen molar-refractivity contribution >= 4 is 60.2 Å². The molecule has 1 aliphatic rings. The smallest absolute Gasteiger partial charge is 0.358 e. The van der Waals surface area contributed by atoms with Gasteiger partial charge in [0.15, 0.2) is 8.32 Å². The number of methoxy groups -OCH3 is 1. The van der Waals surface area contributed by atoms with Crippen molar-refractivity contribution in [3.8, 4) is 5.75 Å². The Balaban J connectivity index is 1.35. The van der Waals surface area contributed by atoms with Gasteiger partial charge in [-0.3, -0.25) is 9.68 Å². The van der Waals surface area contributed by atoms with Crippen LogP contribution < -0.4 is 10.1 Å². The molecule has 2 N–H and O–H groups in total. The highest BCUT2D eigenvalue weighted by Crippen LogP contribution is 2.50. The van der Waals surface area contributed by atoms with Crippen molar-refractivity contribution in [3.63, 3.8) is 0 Å². The van der Waals surface area contributed by atoms with Crippen LogP contribution >= 0.6 is 34.3 Å². The number of carbonyl (C=O) groups excluding carboxylic acids is 2. The number of ether oxygens (including phenoxy) is 1. The molecule has 2 aromatic heterocycles. The fraction of sp³-hybridized carbons (Fsp3) is 0.529. The summed E-state index contributed by atoms with van der Waals surface area (Å²) in [4.78, 5) is 34.8.